The van der Waals surface area contributed by atoms with Crippen LogP contribution in [0.1, 0.15) is 36.9 Å². The summed E-state index contributed by atoms with van der Waals surface area (Å²) in [5, 5.41) is 0.674. The summed E-state index contributed by atoms with van der Waals surface area (Å²) in [5.41, 5.74) is 6.26. The second-order valence-corrected chi connectivity index (χ2v) is 6.93. The molecule has 1 aliphatic rings. The molecule has 4 nitrogen and oxygen atoms in total. The number of rotatable bonds is 2. The summed E-state index contributed by atoms with van der Waals surface area (Å²) in [6, 6.07) is 6.44. The molecule has 2 N–H and O–H groups in total. The lowest BCUT2D eigenvalue weighted by molar-refractivity contribution is 0.0849. The van der Waals surface area contributed by atoms with Crippen molar-refractivity contribution in [2.75, 3.05) is 0 Å². The number of thiophene rings is 1. The van der Waals surface area contributed by atoms with Gasteiger partial charge in [-0.2, -0.15) is 0 Å². The van der Waals surface area contributed by atoms with Crippen molar-refractivity contribution in [3.63, 3.8) is 0 Å². The first kappa shape index (κ1) is 15.3. The third-order valence-corrected chi connectivity index (χ3v) is 5.22. The summed E-state index contributed by atoms with van der Waals surface area (Å²) < 4.78 is 0. The normalized spacial score (nSPS) is 12.8. The van der Waals surface area contributed by atoms with E-state index in [0.29, 0.717) is 9.90 Å². The van der Waals surface area contributed by atoms with Gasteiger partial charge in [-0.15, -0.1) is 11.3 Å². The quantitative estimate of drug-likeness (QED) is 0.809. The Morgan fingerprint density at radius 1 is 1.05 bits per heavy atom. The molecular weight excluding hydrogens is 343 g/mol. The molecule has 1 aliphatic carbocycles. The highest BCUT2D eigenvalue weighted by Gasteiger charge is 2.19. The van der Waals surface area contributed by atoms with E-state index in [1.807, 2.05) is 6.07 Å². The third kappa shape index (κ3) is 3.11. The first-order valence-electron chi connectivity index (χ1n) is 6.72. The average Bonchev–Trinajstić information content (AvgIpc) is 3.05. The molecule has 0 saturated carbocycles. The molecule has 0 unspecified atom stereocenters. The highest BCUT2D eigenvalue weighted by Crippen LogP contribution is 2.30. The molecule has 0 atom stereocenters. The minimum atomic E-state index is -0.487. The summed E-state index contributed by atoms with van der Waals surface area (Å²) in [7, 11) is 0. The molecule has 1 heterocycles. The van der Waals surface area contributed by atoms with Crippen LogP contribution in [0.4, 0.5) is 0 Å². The highest BCUT2D eigenvalue weighted by molar-refractivity contribution is 7.14. The Morgan fingerprint density at radius 3 is 2.55 bits per heavy atom. The van der Waals surface area contributed by atoms with Crippen molar-refractivity contribution in [2.24, 2.45) is 0 Å². The number of hydrogen-bond acceptors (Lipinski definition) is 3. The van der Waals surface area contributed by atoms with Crippen LogP contribution in [0.3, 0.4) is 0 Å². The molecule has 22 heavy (non-hydrogen) atoms. The number of aryl methyl sites for hydroxylation is 2. The van der Waals surface area contributed by atoms with Crippen molar-refractivity contribution in [1.82, 2.24) is 10.9 Å². The van der Waals surface area contributed by atoms with Crippen LogP contribution in [0, 0.1) is 0 Å². The Labute approximate surface area is 141 Å². The number of amides is 2. The predicted molar refractivity (Wildman–Crippen MR) is 87.7 cm³/mol. The van der Waals surface area contributed by atoms with E-state index in [2.05, 4.69) is 10.9 Å². The molecule has 0 aliphatic heterocycles. The van der Waals surface area contributed by atoms with E-state index in [-0.39, 0.29) is 16.5 Å². The Hall–Kier alpha value is -1.56. The van der Waals surface area contributed by atoms with Crippen molar-refractivity contribution in [3.8, 4) is 0 Å². The molecular formula is C15H12Cl2N2O2S. The second-order valence-electron chi connectivity index (χ2n) is 4.95. The van der Waals surface area contributed by atoms with Crippen LogP contribution in [0.25, 0.3) is 0 Å². The highest BCUT2D eigenvalue weighted by atomic mass is 35.5. The zero-order valence-electron chi connectivity index (χ0n) is 11.4. The van der Waals surface area contributed by atoms with E-state index < -0.39 is 5.91 Å². The number of benzene rings is 1. The molecule has 0 bridgehead atoms. The van der Waals surface area contributed by atoms with Crippen molar-refractivity contribution >= 4 is 46.4 Å². The van der Waals surface area contributed by atoms with E-state index in [1.165, 1.54) is 33.9 Å². The fourth-order valence-corrected chi connectivity index (χ4v) is 4.00. The lowest BCUT2D eigenvalue weighted by atomic mass is 10.2. The smallest absolute Gasteiger partial charge is 0.267 e. The first-order valence-corrected chi connectivity index (χ1v) is 8.29. The van der Waals surface area contributed by atoms with Crippen molar-refractivity contribution in [2.45, 2.75) is 19.3 Å². The number of nitrogens with one attached hydrogen (secondary N) is 2. The molecule has 1 aromatic heterocycles. The van der Waals surface area contributed by atoms with Gasteiger partial charge in [0.05, 0.1) is 15.5 Å². The molecule has 3 rings (SSSR count). The van der Waals surface area contributed by atoms with Crippen LogP contribution in [-0.4, -0.2) is 11.8 Å². The van der Waals surface area contributed by atoms with E-state index in [1.54, 1.807) is 6.07 Å². The first-order chi connectivity index (χ1) is 10.5. The molecule has 0 fully saturated rings. The molecule has 7 heteroatoms. The zero-order valence-corrected chi connectivity index (χ0v) is 13.7. The van der Waals surface area contributed by atoms with Crippen molar-refractivity contribution < 1.29 is 9.59 Å². The number of hydrazine groups is 1. The predicted octanol–water partition coefficient (Wildman–Crippen LogP) is 3.62. The van der Waals surface area contributed by atoms with Gasteiger partial charge in [-0.3, -0.25) is 20.4 Å². The summed E-state index contributed by atoms with van der Waals surface area (Å²) in [6.07, 6.45) is 3.20. The molecule has 114 valence electrons. The van der Waals surface area contributed by atoms with Gasteiger partial charge in [0.2, 0.25) is 0 Å². The summed E-state index contributed by atoms with van der Waals surface area (Å²) in [5.74, 6) is -0.808. The fraction of sp³-hybridized carbons (Fsp3) is 0.200. The second kappa shape index (κ2) is 6.28. The number of fused-ring (bicyclic) bond motifs is 1. The number of carbonyl (C=O) groups excluding carboxylic acids is 2. The van der Waals surface area contributed by atoms with Gasteiger partial charge < -0.3 is 0 Å². The minimum absolute atomic E-state index is 0.231. The van der Waals surface area contributed by atoms with Crippen LogP contribution in [0.5, 0.6) is 0 Å². The Balaban J connectivity index is 1.63. The van der Waals surface area contributed by atoms with Crippen LogP contribution in [-0.2, 0) is 12.8 Å². The van der Waals surface area contributed by atoms with Crippen LogP contribution in [0.15, 0.2) is 24.3 Å². The topological polar surface area (TPSA) is 58.2 Å². The van der Waals surface area contributed by atoms with Gasteiger partial charge in [0, 0.05) is 9.90 Å². The van der Waals surface area contributed by atoms with Crippen molar-refractivity contribution in [3.05, 3.63) is 55.2 Å². The maximum absolute atomic E-state index is 12.1. The lowest BCUT2D eigenvalue weighted by Crippen LogP contribution is -2.41. The molecule has 0 spiro atoms. The van der Waals surface area contributed by atoms with Gasteiger partial charge in [-0.25, -0.2) is 0 Å². The summed E-state index contributed by atoms with van der Waals surface area (Å²) in [6.45, 7) is 0. The number of carbonyl (C=O) groups is 2. The van der Waals surface area contributed by atoms with E-state index >= 15 is 0 Å². The monoisotopic (exact) mass is 354 g/mol. The van der Waals surface area contributed by atoms with Gasteiger partial charge in [-0.05, 0) is 49.1 Å². The number of hydrogen-bond donors (Lipinski definition) is 2. The molecule has 0 saturated heterocycles. The SMILES string of the molecule is O=C(NNC(=O)c1ccc(Cl)cc1Cl)c1cc2c(s1)CCC2. The van der Waals surface area contributed by atoms with Gasteiger partial charge >= 0.3 is 0 Å². The van der Waals surface area contributed by atoms with Gasteiger partial charge in [-0.1, -0.05) is 23.2 Å². The minimum Gasteiger partial charge on any atom is -0.267 e. The van der Waals surface area contributed by atoms with Gasteiger partial charge in [0.25, 0.3) is 11.8 Å². The molecule has 0 radical (unpaired) electrons. The molecule has 2 amide bonds. The standard InChI is InChI=1S/C15H12Cl2N2O2S/c16-9-4-5-10(11(17)7-9)14(20)18-19-15(21)13-6-8-2-1-3-12(8)22-13/h4-7H,1-3H2,(H,18,20)(H,19,21). The van der Waals surface area contributed by atoms with Crippen LogP contribution >= 0.6 is 34.5 Å². The number of halogens is 2. The average molecular weight is 355 g/mol. The Kier molecular flexibility index (Phi) is 4.38. The van der Waals surface area contributed by atoms with E-state index in [4.69, 9.17) is 23.2 Å². The van der Waals surface area contributed by atoms with Crippen molar-refractivity contribution in [1.29, 1.82) is 0 Å². The van der Waals surface area contributed by atoms with Crippen LogP contribution < -0.4 is 10.9 Å². The molecule has 2 aromatic rings. The Morgan fingerprint density at radius 2 is 1.82 bits per heavy atom. The summed E-state index contributed by atoms with van der Waals surface area (Å²) >= 11 is 13.2. The zero-order chi connectivity index (χ0) is 15.7. The van der Waals surface area contributed by atoms with Gasteiger partial charge in [0.1, 0.15) is 0 Å². The van der Waals surface area contributed by atoms with E-state index in [0.717, 1.165) is 19.3 Å². The maximum Gasteiger partial charge on any atom is 0.279 e. The lowest BCUT2D eigenvalue weighted by Gasteiger charge is -2.07. The Bertz CT molecular complexity index is 736. The summed E-state index contributed by atoms with van der Waals surface area (Å²) in [4.78, 5) is 25.9. The largest absolute Gasteiger partial charge is 0.279 e. The maximum atomic E-state index is 12.1. The van der Waals surface area contributed by atoms with Crippen LogP contribution in [0.2, 0.25) is 10.0 Å². The van der Waals surface area contributed by atoms with Gasteiger partial charge in [0.15, 0.2) is 0 Å². The molecule has 1 aromatic carbocycles. The third-order valence-electron chi connectivity index (χ3n) is 3.44. The van der Waals surface area contributed by atoms with E-state index in [9.17, 15) is 9.59 Å². The fourth-order valence-electron chi connectivity index (χ4n) is 2.36.